The fourth-order valence-corrected chi connectivity index (χ4v) is 3.89. The van der Waals surface area contributed by atoms with Gasteiger partial charge in [-0.25, -0.2) is 4.68 Å². The van der Waals surface area contributed by atoms with Crippen LogP contribution in [0.15, 0.2) is 60.0 Å². The van der Waals surface area contributed by atoms with Gasteiger partial charge in [0.1, 0.15) is 5.75 Å². The number of ether oxygens (including phenoxy) is 1. The first-order valence-corrected chi connectivity index (χ1v) is 10.7. The number of halogens is 1. The van der Waals surface area contributed by atoms with Gasteiger partial charge >= 0.3 is 0 Å². The number of benzene rings is 2. The van der Waals surface area contributed by atoms with Crippen LogP contribution >= 0.6 is 23.4 Å². The van der Waals surface area contributed by atoms with Crippen LogP contribution in [0.3, 0.4) is 0 Å². The maximum atomic E-state index is 12.7. The fraction of sp³-hybridized carbons (Fsp3) is 0.227. The summed E-state index contributed by atoms with van der Waals surface area (Å²) in [6.07, 6.45) is 1.89. The van der Waals surface area contributed by atoms with Crippen molar-refractivity contribution in [2.75, 3.05) is 12.4 Å². The molecule has 2 aromatic carbocycles. The van der Waals surface area contributed by atoms with E-state index in [1.807, 2.05) is 43.3 Å². The number of hydrogen-bond donors (Lipinski definition) is 1. The smallest absolute Gasteiger partial charge is 0.230 e. The highest BCUT2D eigenvalue weighted by molar-refractivity contribution is 7.98. The van der Waals surface area contributed by atoms with Gasteiger partial charge in [0.25, 0.3) is 0 Å². The van der Waals surface area contributed by atoms with Gasteiger partial charge in [0, 0.05) is 21.4 Å². The van der Waals surface area contributed by atoms with Gasteiger partial charge in [-0.2, -0.15) is 0 Å². The second-order valence-electron chi connectivity index (χ2n) is 6.56. The molecule has 0 aliphatic rings. The van der Waals surface area contributed by atoms with E-state index in [9.17, 15) is 4.79 Å². The van der Waals surface area contributed by atoms with Crippen molar-refractivity contribution >= 4 is 35.0 Å². The zero-order valence-corrected chi connectivity index (χ0v) is 18.5. The van der Waals surface area contributed by atoms with E-state index in [4.69, 9.17) is 16.3 Å². The summed E-state index contributed by atoms with van der Waals surface area (Å²) in [6.45, 7) is 6.12. The molecule has 0 aliphatic heterocycles. The van der Waals surface area contributed by atoms with E-state index in [1.54, 1.807) is 35.7 Å². The monoisotopic (exact) mass is 442 g/mol. The molecule has 0 saturated carbocycles. The van der Waals surface area contributed by atoms with Crippen molar-refractivity contribution in [3.8, 4) is 5.75 Å². The molecule has 0 bridgehead atoms. The van der Waals surface area contributed by atoms with Crippen LogP contribution in [0.4, 0.5) is 5.69 Å². The number of aromatic nitrogens is 3. The van der Waals surface area contributed by atoms with Crippen molar-refractivity contribution in [1.29, 1.82) is 0 Å². The number of thioether (sulfide) groups is 1. The zero-order chi connectivity index (χ0) is 21.5. The molecule has 0 fully saturated rings. The lowest BCUT2D eigenvalue weighted by atomic mass is 10.2. The Balaban J connectivity index is 1.73. The molecule has 6 nitrogen and oxygen atoms in total. The highest BCUT2D eigenvalue weighted by Gasteiger charge is 2.17. The predicted molar refractivity (Wildman–Crippen MR) is 121 cm³/mol. The van der Waals surface area contributed by atoms with Crippen LogP contribution in [-0.2, 0) is 23.5 Å². The summed E-state index contributed by atoms with van der Waals surface area (Å²) in [6, 6.07) is 13.3. The fourth-order valence-electron chi connectivity index (χ4n) is 2.86. The molecule has 0 spiro atoms. The average molecular weight is 443 g/mol. The highest BCUT2D eigenvalue weighted by Crippen LogP contribution is 2.26. The molecule has 1 amide bonds. The SMILES string of the molecule is C=CCn1nnc(CSc2ccc(OC)cc2)c1CC(=O)Nc1cccc(Cl)c1C. The van der Waals surface area contributed by atoms with Gasteiger partial charge in [0.2, 0.25) is 5.91 Å². The summed E-state index contributed by atoms with van der Waals surface area (Å²) >= 11 is 7.78. The number of rotatable bonds is 9. The largest absolute Gasteiger partial charge is 0.497 e. The number of carbonyl (C=O) groups is 1. The Bertz CT molecular complexity index is 1030. The molecule has 0 saturated heterocycles. The zero-order valence-electron chi connectivity index (χ0n) is 16.9. The lowest BCUT2D eigenvalue weighted by molar-refractivity contribution is -0.115. The summed E-state index contributed by atoms with van der Waals surface area (Å²) in [7, 11) is 1.64. The summed E-state index contributed by atoms with van der Waals surface area (Å²) in [5.74, 6) is 1.26. The van der Waals surface area contributed by atoms with Crippen molar-refractivity contribution < 1.29 is 9.53 Å². The number of nitrogens with zero attached hydrogens (tertiary/aromatic N) is 3. The van der Waals surface area contributed by atoms with Crippen LogP contribution in [0.5, 0.6) is 5.75 Å². The molecule has 0 unspecified atom stereocenters. The lowest BCUT2D eigenvalue weighted by Crippen LogP contribution is -2.18. The molecule has 3 aromatic rings. The molecule has 8 heteroatoms. The number of allylic oxidation sites excluding steroid dienone is 1. The Hall–Kier alpha value is -2.77. The number of methoxy groups -OCH3 is 1. The third-order valence-electron chi connectivity index (χ3n) is 4.52. The molecule has 156 valence electrons. The van der Waals surface area contributed by atoms with E-state index in [1.165, 1.54) is 0 Å². The third-order valence-corrected chi connectivity index (χ3v) is 5.96. The van der Waals surface area contributed by atoms with Crippen molar-refractivity contribution in [2.45, 2.75) is 30.5 Å². The Morgan fingerprint density at radius 1 is 1.30 bits per heavy atom. The molecule has 30 heavy (non-hydrogen) atoms. The van der Waals surface area contributed by atoms with Crippen LogP contribution < -0.4 is 10.1 Å². The molecule has 0 radical (unpaired) electrons. The average Bonchev–Trinajstić information content (AvgIpc) is 3.11. The van der Waals surface area contributed by atoms with Crippen LogP contribution in [0.2, 0.25) is 5.02 Å². The molecule has 3 rings (SSSR count). The first-order chi connectivity index (χ1) is 14.5. The number of anilines is 1. The molecular formula is C22H23ClN4O2S. The standard InChI is InChI=1S/C22H23ClN4O2S/c1-4-12-27-21(13-22(28)24-19-7-5-6-18(23)15(19)2)20(25-26-27)14-30-17-10-8-16(29-3)9-11-17/h4-11H,1,12-14H2,2-3H3,(H,24,28). The number of carbonyl (C=O) groups excluding carboxylic acids is 1. The van der Waals surface area contributed by atoms with E-state index >= 15 is 0 Å². The molecule has 1 heterocycles. The minimum atomic E-state index is -0.149. The summed E-state index contributed by atoms with van der Waals surface area (Å²) in [5, 5.41) is 12.0. The summed E-state index contributed by atoms with van der Waals surface area (Å²) in [5.41, 5.74) is 3.08. The molecule has 1 aromatic heterocycles. The van der Waals surface area contributed by atoms with Crippen molar-refractivity contribution in [3.05, 3.63) is 77.1 Å². The maximum Gasteiger partial charge on any atom is 0.230 e. The van der Waals surface area contributed by atoms with Crippen LogP contribution in [0.1, 0.15) is 17.0 Å². The predicted octanol–water partition coefficient (Wildman–Crippen LogP) is 4.91. The van der Waals surface area contributed by atoms with Crippen molar-refractivity contribution in [1.82, 2.24) is 15.0 Å². The van der Waals surface area contributed by atoms with Gasteiger partial charge in [0.15, 0.2) is 0 Å². The van der Waals surface area contributed by atoms with Gasteiger partial charge in [-0.05, 0) is 48.9 Å². The van der Waals surface area contributed by atoms with E-state index in [0.717, 1.165) is 27.6 Å². The Morgan fingerprint density at radius 2 is 2.07 bits per heavy atom. The molecule has 1 N–H and O–H groups in total. The first kappa shape index (κ1) is 21.9. The Morgan fingerprint density at radius 3 is 2.77 bits per heavy atom. The first-order valence-electron chi connectivity index (χ1n) is 9.35. The summed E-state index contributed by atoms with van der Waals surface area (Å²) in [4.78, 5) is 13.8. The number of hydrogen-bond acceptors (Lipinski definition) is 5. The normalized spacial score (nSPS) is 10.6. The topological polar surface area (TPSA) is 69.0 Å². The van der Waals surface area contributed by atoms with Gasteiger partial charge in [-0.3, -0.25) is 4.79 Å². The maximum absolute atomic E-state index is 12.7. The van der Waals surface area contributed by atoms with Gasteiger partial charge < -0.3 is 10.1 Å². The van der Waals surface area contributed by atoms with E-state index in [0.29, 0.717) is 23.0 Å². The minimum absolute atomic E-state index is 0.149. The Labute approximate surface area is 185 Å². The number of amides is 1. The van der Waals surface area contributed by atoms with Crippen molar-refractivity contribution in [3.63, 3.8) is 0 Å². The minimum Gasteiger partial charge on any atom is -0.497 e. The highest BCUT2D eigenvalue weighted by atomic mass is 35.5. The molecular weight excluding hydrogens is 420 g/mol. The molecule has 0 atom stereocenters. The summed E-state index contributed by atoms with van der Waals surface area (Å²) < 4.78 is 6.90. The van der Waals surface area contributed by atoms with Crippen molar-refractivity contribution in [2.24, 2.45) is 0 Å². The lowest BCUT2D eigenvalue weighted by Gasteiger charge is -2.11. The quantitative estimate of drug-likeness (QED) is 0.376. The van der Waals surface area contributed by atoms with Gasteiger partial charge in [0.05, 0.1) is 31.5 Å². The molecule has 0 aliphatic carbocycles. The van der Waals surface area contributed by atoms with Crippen LogP contribution in [0.25, 0.3) is 0 Å². The van der Waals surface area contributed by atoms with Crippen LogP contribution in [0, 0.1) is 6.92 Å². The van der Waals surface area contributed by atoms with Gasteiger partial charge in [-0.15, -0.1) is 23.4 Å². The second-order valence-corrected chi connectivity index (χ2v) is 8.01. The third kappa shape index (κ3) is 5.43. The van der Waals surface area contributed by atoms with E-state index in [-0.39, 0.29) is 12.3 Å². The number of nitrogens with one attached hydrogen (secondary N) is 1. The second kappa shape index (κ2) is 10.3. The van der Waals surface area contributed by atoms with Gasteiger partial charge in [-0.1, -0.05) is 29.0 Å². The van der Waals surface area contributed by atoms with E-state index in [2.05, 4.69) is 22.2 Å². The van der Waals surface area contributed by atoms with Crippen LogP contribution in [-0.4, -0.2) is 28.0 Å². The Kier molecular flexibility index (Phi) is 7.54. The van der Waals surface area contributed by atoms with E-state index < -0.39 is 0 Å².